The zero-order valence-electron chi connectivity index (χ0n) is 11.4. The van der Waals surface area contributed by atoms with Gasteiger partial charge in [0.15, 0.2) is 0 Å². The van der Waals surface area contributed by atoms with Gasteiger partial charge in [-0.25, -0.2) is 9.38 Å². The van der Waals surface area contributed by atoms with Gasteiger partial charge in [0.1, 0.15) is 0 Å². The number of anilines is 1. The first-order valence-electron chi connectivity index (χ1n) is 6.53. The molecule has 1 aliphatic heterocycles. The van der Waals surface area contributed by atoms with E-state index in [2.05, 4.69) is 36.9 Å². The normalized spacial score (nSPS) is 18.0. The fraction of sp³-hybridized carbons (Fsp3) is 0.188. The Morgan fingerprint density at radius 3 is 2.48 bits per heavy atom. The number of aliphatic imine (C=N–C) groups is 1. The lowest BCUT2D eigenvalue weighted by Crippen LogP contribution is -2.24. The molecular formula is C16H13Br2FN2. The predicted molar refractivity (Wildman–Crippen MR) is 92.1 cm³/mol. The van der Waals surface area contributed by atoms with E-state index in [1.165, 1.54) is 0 Å². The standard InChI is InChI=1S/C16H13Br2FN2/c1-21-9-15(19)20-16(10-2-4-11(17)5-3-10)13-8-12(18)6-7-14(13)21/h2-8,15H,9H2,1H3. The quantitative estimate of drug-likeness (QED) is 0.615. The average Bonchev–Trinajstić information content (AvgIpc) is 2.56. The van der Waals surface area contributed by atoms with E-state index in [0.29, 0.717) is 5.71 Å². The van der Waals surface area contributed by atoms with Gasteiger partial charge in [-0.15, -0.1) is 0 Å². The van der Waals surface area contributed by atoms with E-state index in [9.17, 15) is 4.39 Å². The Morgan fingerprint density at radius 2 is 1.76 bits per heavy atom. The molecule has 0 saturated heterocycles. The highest BCUT2D eigenvalue weighted by Crippen LogP contribution is 2.30. The lowest BCUT2D eigenvalue weighted by molar-refractivity contribution is 0.353. The van der Waals surface area contributed by atoms with Crippen LogP contribution < -0.4 is 4.90 Å². The van der Waals surface area contributed by atoms with E-state index in [0.717, 1.165) is 25.8 Å². The number of hydrogen-bond donors (Lipinski definition) is 0. The van der Waals surface area contributed by atoms with E-state index in [-0.39, 0.29) is 6.54 Å². The molecule has 1 heterocycles. The lowest BCUT2D eigenvalue weighted by atomic mass is 10.0. The first kappa shape index (κ1) is 14.7. The molecule has 21 heavy (non-hydrogen) atoms. The third kappa shape index (κ3) is 3.04. The summed E-state index contributed by atoms with van der Waals surface area (Å²) >= 11 is 6.91. The molecule has 108 valence electrons. The molecule has 0 aromatic heterocycles. The van der Waals surface area contributed by atoms with Crippen LogP contribution in [0.1, 0.15) is 11.1 Å². The van der Waals surface area contributed by atoms with Crippen LogP contribution in [-0.2, 0) is 0 Å². The van der Waals surface area contributed by atoms with Gasteiger partial charge in [0.05, 0.1) is 12.3 Å². The minimum Gasteiger partial charge on any atom is -0.369 e. The molecule has 0 spiro atoms. The van der Waals surface area contributed by atoms with Crippen molar-refractivity contribution in [2.75, 3.05) is 18.5 Å². The molecule has 0 bridgehead atoms. The van der Waals surface area contributed by atoms with Gasteiger partial charge >= 0.3 is 0 Å². The second-order valence-electron chi connectivity index (χ2n) is 4.96. The Morgan fingerprint density at radius 1 is 1.10 bits per heavy atom. The average molecular weight is 412 g/mol. The summed E-state index contributed by atoms with van der Waals surface area (Å²) in [7, 11) is 1.89. The first-order chi connectivity index (χ1) is 10.0. The summed E-state index contributed by atoms with van der Waals surface area (Å²) in [5.74, 6) is 0. The topological polar surface area (TPSA) is 15.6 Å². The third-order valence-electron chi connectivity index (χ3n) is 3.44. The lowest BCUT2D eigenvalue weighted by Gasteiger charge is -2.20. The first-order valence-corrected chi connectivity index (χ1v) is 8.12. The molecule has 0 saturated carbocycles. The van der Waals surface area contributed by atoms with Gasteiger partial charge in [-0.1, -0.05) is 44.0 Å². The molecule has 2 aromatic carbocycles. The van der Waals surface area contributed by atoms with Crippen molar-refractivity contribution in [3.8, 4) is 0 Å². The van der Waals surface area contributed by atoms with E-state index in [1.54, 1.807) is 0 Å². The summed E-state index contributed by atoms with van der Waals surface area (Å²) < 4.78 is 16.1. The fourth-order valence-corrected chi connectivity index (χ4v) is 3.07. The number of hydrogen-bond acceptors (Lipinski definition) is 2. The minimum absolute atomic E-state index is 0.259. The molecule has 0 aliphatic carbocycles. The zero-order valence-corrected chi connectivity index (χ0v) is 14.5. The molecule has 0 N–H and O–H groups in total. The summed E-state index contributed by atoms with van der Waals surface area (Å²) in [6.07, 6.45) is -1.24. The van der Waals surface area contributed by atoms with E-state index >= 15 is 0 Å². The van der Waals surface area contributed by atoms with Crippen LogP contribution >= 0.6 is 31.9 Å². The molecule has 0 fully saturated rings. The van der Waals surface area contributed by atoms with Crippen LogP contribution in [0, 0.1) is 0 Å². The maximum atomic E-state index is 14.1. The highest BCUT2D eigenvalue weighted by atomic mass is 79.9. The molecule has 2 aromatic rings. The number of rotatable bonds is 1. The summed E-state index contributed by atoms with van der Waals surface area (Å²) in [5.41, 5.74) is 3.53. The smallest absolute Gasteiger partial charge is 0.207 e. The molecule has 1 atom stereocenters. The molecule has 5 heteroatoms. The van der Waals surface area contributed by atoms with Gasteiger partial charge in [-0.05, 0) is 30.3 Å². The third-order valence-corrected chi connectivity index (χ3v) is 4.46. The van der Waals surface area contributed by atoms with Crippen molar-refractivity contribution in [3.05, 3.63) is 62.5 Å². The van der Waals surface area contributed by atoms with Crippen LogP contribution in [0.15, 0.2) is 56.4 Å². The zero-order chi connectivity index (χ0) is 15.0. The fourth-order valence-electron chi connectivity index (χ4n) is 2.44. The largest absolute Gasteiger partial charge is 0.369 e. The van der Waals surface area contributed by atoms with Gasteiger partial charge in [-0.2, -0.15) is 0 Å². The van der Waals surface area contributed by atoms with Gasteiger partial charge in [-0.3, -0.25) is 0 Å². The van der Waals surface area contributed by atoms with Crippen LogP contribution in [0.2, 0.25) is 0 Å². The van der Waals surface area contributed by atoms with Crippen LogP contribution in [0.25, 0.3) is 0 Å². The second kappa shape index (κ2) is 5.89. The van der Waals surface area contributed by atoms with Crippen LogP contribution in [0.5, 0.6) is 0 Å². The molecule has 1 aliphatic rings. The van der Waals surface area contributed by atoms with Crippen molar-refractivity contribution in [2.45, 2.75) is 6.30 Å². The van der Waals surface area contributed by atoms with Gasteiger partial charge in [0, 0.05) is 32.8 Å². The van der Waals surface area contributed by atoms with Gasteiger partial charge in [0.25, 0.3) is 0 Å². The van der Waals surface area contributed by atoms with E-state index < -0.39 is 6.30 Å². The predicted octanol–water partition coefficient (Wildman–Crippen LogP) is 4.79. The van der Waals surface area contributed by atoms with Gasteiger partial charge < -0.3 is 4.90 Å². The van der Waals surface area contributed by atoms with Crippen molar-refractivity contribution >= 4 is 43.3 Å². The van der Waals surface area contributed by atoms with Crippen molar-refractivity contribution < 1.29 is 4.39 Å². The number of benzodiazepines with no additional fused rings is 1. The summed E-state index contributed by atoms with van der Waals surface area (Å²) in [6.45, 7) is 0.259. The van der Waals surface area contributed by atoms with Gasteiger partial charge in [0.2, 0.25) is 6.30 Å². The summed E-state index contributed by atoms with van der Waals surface area (Å²) in [6, 6.07) is 13.7. The van der Waals surface area contributed by atoms with E-state index in [4.69, 9.17) is 0 Å². The number of halogens is 3. The number of alkyl halides is 1. The molecule has 0 radical (unpaired) electrons. The Kier molecular flexibility index (Phi) is 4.13. The van der Waals surface area contributed by atoms with Crippen molar-refractivity contribution in [2.24, 2.45) is 4.99 Å². The molecular weight excluding hydrogens is 399 g/mol. The Hall–Kier alpha value is -1.20. The van der Waals surface area contributed by atoms with Crippen molar-refractivity contribution in [1.29, 1.82) is 0 Å². The Bertz CT molecular complexity index is 698. The van der Waals surface area contributed by atoms with Crippen LogP contribution in [0.3, 0.4) is 0 Å². The molecule has 3 rings (SSSR count). The van der Waals surface area contributed by atoms with Crippen molar-refractivity contribution in [1.82, 2.24) is 0 Å². The summed E-state index contributed by atoms with van der Waals surface area (Å²) in [4.78, 5) is 6.19. The summed E-state index contributed by atoms with van der Waals surface area (Å²) in [5, 5.41) is 0. The number of likely N-dealkylation sites (N-methyl/N-ethyl adjacent to an activating group) is 1. The van der Waals surface area contributed by atoms with Crippen molar-refractivity contribution in [3.63, 3.8) is 0 Å². The second-order valence-corrected chi connectivity index (χ2v) is 6.79. The van der Waals surface area contributed by atoms with Crippen LogP contribution in [-0.4, -0.2) is 25.6 Å². The number of nitrogens with zero attached hydrogens (tertiary/aromatic N) is 2. The number of benzene rings is 2. The Labute approximate surface area is 139 Å². The monoisotopic (exact) mass is 410 g/mol. The molecule has 0 amide bonds. The maximum absolute atomic E-state index is 14.1. The number of fused-ring (bicyclic) bond motifs is 1. The maximum Gasteiger partial charge on any atom is 0.207 e. The highest BCUT2D eigenvalue weighted by Gasteiger charge is 2.22. The molecule has 1 unspecified atom stereocenters. The van der Waals surface area contributed by atoms with Crippen LogP contribution in [0.4, 0.5) is 10.1 Å². The minimum atomic E-state index is -1.24. The molecule has 2 nitrogen and oxygen atoms in total. The highest BCUT2D eigenvalue weighted by molar-refractivity contribution is 9.10. The Balaban J connectivity index is 2.20. The van der Waals surface area contributed by atoms with E-state index in [1.807, 2.05) is 54.4 Å². The SMILES string of the molecule is CN1CC(F)N=C(c2ccc(Br)cc2)c2cc(Br)ccc21.